The first-order valence-electron chi connectivity index (χ1n) is 6.39. The lowest BCUT2D eigenvalue weighted by atomic mass is 10.1. The van der Waals surface area contributed by atoms with Crippen molar-refractivity contribution < 1.29 is 0 Å². The molecule has 0 nitrogen and oxygen atoms in total. The summed E-state index contributed by atoms with van der Waals surface area (Å²) in [6.45, 7) is 14.2. The molecule has 0 atom stereocenters. The van der Waals surface area contributed by atoms with Crippen molar-refractivity contribution in [3.63, 3.8) is 0 Å². The molecule has 0 spiro atoms. The SMILES string of the molecule is C=C(C)CCc1ccccc1.CC.CCC. The Morgan fingerprint density at radius 2 is 1.50 bits per heavy atom. The van der Waals surface area contributed by atoms with E-state index in [1.54, 1.807) is 0 Å². The summed E-state index contributed by atoms with van der Waals surface area (Å²) < 4.78 is 0. The first kappa shape index (κ1) is 17.4. The highest BCUT2D eigenvalue weighted by Crippen LogP contribution is 2.06. The molecule has 1 aromatic carbocycles. The zero-order chi connectivity index (χ0) is 12.8. The third-order valence-electron chi connectivity index (χ3n) is 1.68. The van der Waals surface area contributed by atoms with Crippen LogP contribution in [0.3, 0.4) is 0 Å². The van der Waals surface area contributed by atoms with E-state index in [-0.39, 0.29) is 0 Å². The molecule has 0 N–H and O–H groups in total. The fraction of sp³-hybridized carbons (Fsp3) is 0.500. The summed E-state index contributed by atoms with van der Waals surface area (Å²) in [5.74, 6) is 0. The number of aryl methyl sites for hydroxylation is 1. The minimum Gasteiger partial charge on any atom is -0.100 e. The van der Waals surface area contributed by atoms with Gasteiger partial charge in [-0.1, -0.05) is 70.0 Å². The van der Waals surface area contributed by atoms with E-state index in [0.29, 0.717) is 0 Å². The molecule has 0 saturated heterocycles. The van der Waals surface area contributed by atoms with Crippen molar-refractivity contribution in [3.8, 4) is 0 Å². The number of hydrogen-bond acceptors (Lipinski definition) is 0. The second-order valence-electron chi connectivity index (χ2n) is 3.65. The molecule has 0 amide bonds. The van der Waals surface area contributed by atoms with Gasteiger partial charge in [-0.25, -0.2) is 0 Å². The van der Waals surface area contributed by atoms with Gasteiger partial charge in [0.2, 0.25) is 0 Å². The topological polar surface area (TPSA) is 0 Å². The highest BCUT2D eigenvalue weighted by molar-refractivity contribution is 5.15. The predicted molar refractivity (Wildman–Crippen MR) is 76.9 cm³/mol. The third-order valence-corrected chi connectivity index (χ3v) is 1.68. The number of benzene rings is 1. The minimum atomic E-state index is 1.10. The largest absolute Gasteiger partial charge is 0.100 e. The Balaban J connectivity index is 0. The highest BCUT2D eigenvalue weighted by atomic mass is 14.0. The van der Waals surface area contributed by atoms with Crippen molar-refractivity contribution >= 4 is 0 Å². The van der Waals surface area contributed by atoms with Gasteiger partial charge in [0.15, 0.2) is 0 Å². The van der Waals surface area contributed by atoms with Gasteiger partial charge >= 0.3 is 0 Å². The Morgan fingerprint density at radius 1 is 1.06 bits per heavy atom. The van der Waals surface area contributed by atoms with Crippen molar-refractivity contribution in [2.24, 2.45) is 0 Å². The van der Waals surface area contributed by atoms with E-state index >= 15 is 0 Å². The van der Waals surface area contributed by atoms with Crippen LogP contribution in [0.5, 0.6) is 0 Å². The maximum atomic E-state index is 3.87. The normalized spacial score (nSPS) is 8.06. The second-order valence-corrected chi connectivity index (χ2v) is 3.65. The van der Waals surface area contributed by atoms with Gasteiger partial charge in [0, 0.05) is 0 Å². The number of allylic oxidation sites excluding steroid dienone is 1. The lowest BCUT2D eigenvalue weighted by Crippen LogP contribution is -1.83. The summed E-state index contributed by atoms with van der Waals surface area (Å²) in [6.07, 6.45) is 3.47. The summed E-state index contributed by atoms with van der Waals surface area (Å²) in [5, 5.41) is 0. The molecule has 1 rings (SSSR count). The van der Waals surface area contributed by atoms with Crippen LogP contribution in [-0.2, 0) is 6.42 Å². The van der Waals surface area contributed by atoms with Crippen LogP contribution in [0.15, 0.2) is 42.5 Å². The van der Waals surface area contributed by atoms with Gasteiger partial charge in [0.05, 0.1) is 0 Å². The molecule has 1 aromatic rings. The average Bonchev–Trinajstić information content (AvgIpc) is 2.31. The molecule has 0 aromatic heterocycles. The Kier molecular flexibility index (Phi) is 15.1. The average molecular weight is 220 g/mol. The predicted octanol–water partition coefficient (Wildman–Crippen LogP) is 5.64. The molecule has 0 radical (unpaired) electrons. The van der Waals surface area contributed by atoms with Gasteiger partial charge in [0.1, 0.15) is 0 Å². The van der Waals surface area contributed by atoms with Crippen LogP contribution >= 0.6 is 0 Å². The second kappa shape index (κ2) is 14.0. The summed E-state index contributed by atoms with van der Waals surface area (Å²) in [4.78, 5) is 0. The molecule has 16 heavy (non-hydrogen) atoms. The molecular formula is C16H28. The molecule has 0 bridgehead atoms. The number of hydrogen-bond donors (Lipinski definition) is 0. The standard InChI is InChI=1S/C11H14.C3H8.C2H6/c1-10(2)8-9-11-6-4-3-5-7-11;1-3-2;1-2/h3-7H,1,8-9H2,2H3;3H2,1-2H3;1-2H3. The van der Waals surface area contributed by atoms with Crippen LogP contribution < -0.4 is 0 Å². The minimum absolute atomic E-state index is 1.10. The summed E-state index contributed by atoms with van der Waals surface area (Å²) in [7, 11) is 0. The van der Waals surface area contributed by atoms with Crippen molar-refractivity contribution in [1.82, 2.24) is 0 Å². The molecule has 0 saturated carbocycles. The monoisotopic (exact) mass is 220 g/mol. The van der Waals surface area contributed by atoms with Crippen molar-refractivity contribution in [2.45, 2.75) is 53.9 Å². The Morgan fingerprint density at radius 3 is 1.88 bits per heavy atom. The van der Waals surface area contributed by atoms with Gasteiger partial charge in [-0.15, -0.1) is 6.58 Å². The highest BCUT2D eigenvalue weighted by Gasteiger charge is 1.90. The fourth-order valence-corrected chi connectivity index (χ4v) is 1.00. The van der Waals surface area contributed by atoms with Crippen LogP contribution in [0.2, 0.25) is 0 Å². The van der Waals surface area contributed by atoms with E-state index in [0.717, 1.165) is 12.8 Å². The maximum absolute atomic E-state index is 3.87. The quantitative estimate of drug-likeness (QED) is 0.578. The molecule has 0 aliphatic rings. The Hall–Kier alpha value is -1.04. The van der Waals surface area contributed by atoms with Gasteiger partial charge in [-0.3, -0.25) is 0 Å². The zero-order valence-electron chi connectivity index (χ0n) is 11.7. The van der Waals surface area contributed by atoms with Crippen LogP contribution in [0, 0.1) is 0 Å². The summed E-state index contributed by atoms with van der Waals surface area (Å²) in [6, 6.07) is 10.5. The molecular weight excluding hydrogens is 192 g/mol. The number of rotatable bonds is 3. The third kappa shape index (κ3) is 13.0. The molecule has 0 heteroatoms. The Bertz CT molecular complexity index is 233. The molecule has 0 aliphatic carbocycles. The Labute approximate surface area is 102 Å². The lowest BCUT2D eigenvalue weighted by molar-refractivity contribution is 0.946. The molecule has 0 unspecified atom stereocenters. The van der Waals surface area contributed by atoms with E-state index in [1.165, 1.54) is 17.6 Å². The van der Waals surface area contributed by atoms with Crippen LogP contribution in [-0.4, -0.2) is 0 Å². The van der Waals surface area contributed by atoms with E-state index in [4.69, 9.17) is 0 Å². The molecule has 92 valence electrons. The van der Waals surface area contributed by atoms with Crippen molar-refractivity contribution in [3.05, 3.63) is 48.0 Å². The van der Waals surface area contributed by atoms with E-state index in [2.05, 4.69) is 51.6 Å². The first-order chi connectivity index (χ1) is 7.70. The fourth-order valence-electron chi connectivity index (χ4n) is 1.00. The van der Waals surface area contributed by atoms with Crippen LogP contribution in [0.1, 0.15) is 53.0 Å². The van der Waals surface area contributed by atoms with Crippen molar-refractivity contribution in [1.29, 1.82) is 0 Å². The van der Waals surface area contributed by atoms with E-state index < -0.39 is 0 Å². The van der Waals surface area contributed by atoms with Gasteiger partial charge in [-0.2, -0.15) is 0 Å². The zero-order valence-corrected chi connectivity index (χ0v) is 11.7. The lowest BCUT2D eigenvalue weighted by Gasteiger charge is -1.98. The molecule has 0 aliphatic heterocycles. The molecule has 0 fully saturated rings. The first-order valence-corrected chi connectivity index (χ1v) is 6.39. The van der Waals surface area contributed by atoms with Crippen molar-refractivity contribution in [2.75, 3.05) is 0 Å². The van der Waals surface area contributed by atoms with Gasteiger partial charge in [0.25, 0.3) is 0 Å². The summed E-state index contributed by atoms with van der Waals surface area (Å²) in [5.41, 5.74) is 2.66. The molecule has 0 heterocycles. The van der Waals surface area contributed by atoms with E-state index in [1.807, 2.05) is 19.9 Å². The van der Waals surface area contributed by atoms with Gasteiger partial charge < -0.3 is 0 Å². The van der Waals surface area contributed by atoms with E-state index in [9.17, 15) is 0 Å². The van der Waals surface area contributed by atoms with Crippen LogP contribution in [0.25, 0.3) is 0 Å². The van der Waals surface area contributed by atoms with Crippen LogP contribution in [0.4, 0.5) is 0 Å². The maximum Gasteiger partial charge on any atom is -0.0242 e. The summed E-state index contributed by atoms with van der Waals surface area (Å²) >= 11 is 0. The smallest absolute Gasteiger partial charge is 0.0242 e. The van der Waals surface area contributed by atoms with Gasteiger partial charge in [-0.05, 0) is 25.3 Å².